The van der Waals surface area contributed by atoms with Gasteiger partial charge in [0.05, 0.1) is 12.8 Å². The van der Waals surface area contributed by atoms with Crippen LogP contribution in [0.5, 0.6) is 0 Å². The van der Waals surface area contributed by atoms with Gasteiger partial charge in [-0.3, -0.25) is 4.90 Å². The van der Waals surface area contributed by atoms with Crippen molar-refractivity contribution in [3.8, 4) is 0 Å². The Hall–Kier alpha value is -0.800. The Labute approximate surface area is 118 Å². The Morgan fingerprint density at radius 1 is 1.32 bits per heavy atom. The first-order valence-electron chi connectivity index (χ1n) is 7.34. The van der Waals surface area contributed by atoms with Crippen molar-refractivity contribution in [2.45, 2.75) is 46.6 Å². The van der Waals surface area contributed by atoms with E-state index < -0.39 is 0 Å². The van der Waals surface area contributed by atoms with Crippen LogP contribution in [0.4, 0.5) is 0 Å². The highest BCUT2D eigenvalue weighted by atomic mass is 16.3. The van der Waals surface area contributed by atoms with Crippen molar-refractivity contribution in [2.75, 3.05) is 20.1 Å². The molecule has 0 aromatic carbocycles. The van der Waals surface area contributed by atoms with Crippen molar-refractivity contribution in [3.63, 3.8) is 0 Å². The van der Waals surface area contributed by atoms with E-state index in [0.717, 1.165) is 37.7 Å². The number of furan rings is 1. The minimum absolute atomic E-state index is 0.360. The van der Waals surface area contributed by atoms with E-state index in [1.807, 2.05) is 12.1 Å². The zero-order valence-corrected chi connectivity index (χ0v) is 13.0. The molecule has 1 aromatic rings. The molecule has 0 aliphatic carbocycles. The van der Waals surface area contributed by atoms with E-state index in [1.165, 1.54) is 12.8 Å². The predicted octanol–water partition coefficient (Wildman–Crippen LogP) is 3.50. The molecule has 0 radical (unpaired) electrons. The monoisotopic (exact) mass is 266 g/mol. The van der Waals surface area contributed by atoms with Gasteiger partial charge in [-0.15, -0.1) is 0 Å². The maximum absolute atomic E-state index is 5.73. The van der Waals surface area contributed by atoms with E-state index in [0.29, 0.717) is 5.41 Å². The third-order valence-corrected chi connectivity index (χ3v) is 3.84. The normalized spacial score (nSPS) is 14.0. The van der Waals surface area contributed by atoms with Crippen LogP contribution in [0, 0.1) is 11.3 Å². The van der Waals surface area contributed by atoms with Crippen LogP contribution in [0.25, 0.3) is 0 Å². The molecule has 0 saturated carbocycles. The second-order valence-corrected chi connectivity index (χ2v) is 6.60. The summed E-state index contributed by atoms with van der Waals surface area (Å²) in [6, 6.07) is 3.98. The maximum atomic E-state index is 5.73. The lowest BCUT2D eigenvalue weighted by Crippen LogP contribution is -2.25. The summed E-state index contributed by atoms with van der Waals surface area (Å²) in [6.07, 6.45) is 5.34. The van der Waals surface area contributed by atoms with E-state index in [9.17, 15) is 0 Å². The molecular weight excluding hydrogens is 236 g/mol. The molecule has 0 amide bonds. The van der Waals surface area contributed by atoms with Crippen molar-refractivity contribution in [2.24, 2.45) is 17.1 Å². The van der Waals surface area contributed by atoms with Crippen LogP contribution in [0.15, 0.2) is 22.8 Å². The van der Waals surface area contributed by atoms with Gasteiger partial charge in [-0.05, 0) is 62.9 Å². The zero-order chi connectivity index (χ0) is 14.3. The Morgan fingerprint density at radius 3 is 2.58 bits per heavy atom. The first-order valence-corrected chi connectivity index (χ1v) is 7.34. The average molecular weight is 266 g/mol. The van der Waals surface area contributed by atoms with Gasteiger partial charge < -0.3 is 10.2 Å². The summed E-state index contributed by atoms with van der Waals surface area (Å²) in [5, 5.41) is 0. The Kier molecular flexibility index (Phi) is 6.59. The molecular formula is C16H30N2O. The molecule has 0 spiro atoms. The molecule has 1 rings (SSSR count). The molecule has 1 unspecified atom stereocenters. The molecule has 0 aliphatic rings. The Bertz CT molecular complexity index is 327. The second kappa shape index (κ2) is 7.71. The molecule has 110 valence electrons. The van der Waals surface area contributed by atoms with Gasteiger partial charge >= 0.3 is 0 Å². The molecule has 19 heavy (non-hydrogen) atoms. The van der Waals surface area contributed by atoms with E-state index in [-0.39, 0.29) is 0 Å². The Balaban J connectivity index is 2.27. The molecule has 0 aliphatic heterocycles. The molecule has 1 atom stereocenters. The average Bonchev–Trinajstić information content (AvgIpc) is 2.79. The quantitative estimate of drug-likeness (QED) is 0.783. The highest BCUT2D eigenvalue weighted by Gasteiger charge is 2.23. The summed E-state index contributed by atoms with van der Waals surface area (Å²) in [7, 11) is 2.15. The molecule has 1 heterocycles. The summed E-state index contributed by atoms with van der Waals surface area (Å²) >= 11 is 0. The first-order chi connectivity index (χ1) is 8.93. The zero-order valence-electron chi connectivity index (χ0n) is 13.0. The van der Waals surface area contributed by atoms with Gasteiger partial charge in [-0.25, -0.2) is 0 Å². The van der Waals surface area contributed by atoms with Crippen molar-refractivity contribution in [3.05, 3.63) is 24.2 Å². The molecule has 3 heteroatoms. The smallest absolute Gasteiger partial charge is 0.117 e. The molecule has 1 aromatic heterocycles. The van der Waals surface area contributed by atoms with Crippen LogP contribution in [0.1, 0.15) is 45.8 Å². The van der Waals surface area contributed by atoms with Crippen LogP contribution < -0.4 is 5.73 Å². The summed E-state index contributed by atoms with van der Waals surface area (Å²) in [5.74, 6) is 1.76. The SMILES string of the molecule is CN(CCCC(CCN)C(C)(C)C)Cc1ccco1. The summed E-state index contributed by atoms with van der Waals surface area (Å²) in [5.41, 5.74) is 6.09. The molecule has 0 saturated heterocycles. The second-order valence-electron chi connectivity index (χ2n) is 6.60. The van der Waals surface area contributed by atoms with E-state index in [2.05, 4.69) is 32.7 Å². The van der Waals surface area contributed by atoms with Crippen molar-refractivity contribution in [1.29, 1.82) is 0 Å². The summed E-state index contributed by atoms with van der Waals surface area (Å²) in [6.45, 7) is 9.76. The lowest BCUT2D eigenvalue weighted by Gasteiger charge is -2.31. The van der Waals surface area contributed by atoms with Gasteiger partial charge in [-0.2, -0.15) is 0 Å². The minimum Gasteiger partial charge on any atom is -0.468 e. The van der Waals surface area contributed by atoms with Gasteiger partial charge in [0.1, 0.15) is 5.76 Å². The topological polar surface area (TPSA) is 42.4 Å². The molecule has 0 fully saturated rings. The van der Waals surface area contributed by atoms with Crippen molar-refractivity contribution in [1.82, 2.24) is 4.90 Å². The lowest BCUT2D eigenvalue weighted by molar-refractivity contribution is 0.197. The summed E-state index contributed by atoms with van der Waals surface area (Å²) in [4.78, 5) is 2.32. The van der Waals surface area contributed by atoms with E-state index in [1.54, 1.807) is 6.26 Å². The fourth-order valence-electron chi connectivity index (χ4n) is 2.57. The van der Waals surface area contributed by atoms with Crippen molar-refractivity contribution >= 4 is 0 Å². The van der Waals surface area contributed by atoms with Crippen LogP contribution >= 0.6 is 0 Å². The predicted molar refractivity (Wildman–Crippen MR) is 80.9 cm³/mol. The standard InChI is InChI=1S/C16H30N2O/c1-16(2,3)14(9-10-17)7-5-11-18(4)13-15-8-6-12-19-15/h6,8,12,14H,5,7,9-11,13,17H2,1-4H3. The van der Waals surface area contributed by atoms with Crippen LogP contribution in [0.2, 0.25) is 0 Å². The number of nitrogens with two attached hydrogens (primary N) is 1. The fraction of sp³-hybridized carbons (Fsp3) is 0.750. The third kappa shape index (κ3) is 6.26. The van der Waals surface area contributed by atoms with Gasteiger partial charge in [0, 0.05) is 0 Å². The number of hydrogen-bond acceptors (Lipinski definition) is 3. The Morgan fingerprint density at radius 2 is 2.05 bits per heavy atom. The molecule has 0 bridgehead atoms. The van der Waals surface area contributed by atoms with Crippen LogP contribution in [-0.4, -0.2) is 25.0 Å². The van der Waals surface area contributed by atoms with Crippen LogP contribution in [0.3, 0.4) is 0 Å². The van der Waals surface area contributed by atoms with Crippen LogP contribution in [-0.2, 0) is 6.54 Å². The highest BCUT2D eigenvalue weighted by molar-refractivity contribution is 4.97. The van der Waals surface area contributed by atoms with Gasteiger partial charge in [0.25, 0.3) is 0 Å². The number of nitrogens with zero attached hydrogens (tertiary/aromatic N) is 1. The van der Waals surface area contributed by atoms with Crippen molar-refractivity contribution < 1.29 is 4.42 Å². The van der Waals surface area contributed by atoms with E-state index in [4.69, 9.17) is 10.2 Å². The largest absolute Gasteiger partial charge is 0.468 e. The maximum Gasteiger partial charge on any atom is 0.117 e. The van der Waals surface area contributed by atoms with Gasteiger partial charge in [0.2, 0.25) is 0 Å². The highest BCUT2D eigenvalue weighted by Crippen LogP contribution is 2.32. The minimum atomic E-state index is 0.360. The lowest BCUT2D eigenvalue weighted by atomic mass is 9.76. The summed E-state index contributed by atoms with van der Waals surface area (Å²) < 4.78 is 5.37. The van der Waals surface area contributed by atoms with Gasteiger partial charge in [-0.1, -0.05) is 20.8 Å². The molecule has 2 N–H and O–H groups in total. The molecule has 3 nitrogen and oxygen atoms in total. The first kappa shape index (κ1) is 16.3. The third-order valence-electron chi connectivity index (χ3n) is 3.84. The fourth-order valence-corrected chi connectivity index (χ4v) is 2.57. The number of rotatable bonds is 8. The van der Waals surface area contributed by atoms with Gasteiger partial charge in [0.15, 0.2) is 0 Å². The van der Waals surface area contributed by atoms with E-state index >= 15 is 0 Å². The number of hydrogen-bond donors (Lipinski definition) is 1.